The Balaban J connectivity index is 1.58. The van der Waals surface area contributed by atoms with Crippen LogP contribution < -0.4 is 10.6 Å². The van der Waals surface area contributed by atoms with E-state index >= 15 is 0 Å². The molecule has 2 N–H and O–H groups in total. The Labute approximate surface area is 146 Å². The Morgan fingerprint density at radius 3 is 2.79 bits per heavy atom. The van der Waals surface area contributed by atoms with Gasteiger partial charge in [-0.25, -0.2) is 9.78 Å². The predicted molar refractivity (Wildman–Crippen MR) is 95.9 cm³/mol. The van der Waals surface area contributed by atoms with Crippen molar-refractivity contribution in [2.45, 2.75) is 25.8 Å². The van der Waals surface area contributed by atoms with E-state index in [1.807, 2.05) is 40.8 Å². The van der Waals surface area contributed by atoms with Gasteiger partial charge in [-0.1, -0.05) is 11.6 Å². The van der Waals surface area contributed by atoms with Crippen LogP contribution in [0, 0.1) is 0 Å². The zero-order valence-corrected chi connectivity index (χ0v) is 14.5. The molecule has 2 amide bonds. The van der Waals surface area contributed by atoms with Gasteiger partial charge in [0.15, 0.2) is 0 Å². The van der Waals surface area contributed by atoms with E-state index in [2.05, 4.69) is 15.6 Å². The van der Waals surface area contributed by atoms with Crippen molar-refractivity contribution in [1.82, 2.24) is 19.8 Å². The number of anilines is 1. The fourth-order valence-corrected chi connectivity index (χ4v) is 3.21. The number of rotatable bonds is 4. The number of urea groups is 1. The molecule has 1 saturated heterocycles. The number of hydrogen-bond donors (Lipinski definition) is 2. The molecule has 24 heavy (non-hydrogen) atoms. The normalized spacial score (nSPS) is 15.3. The molecule has 1 aromatic carbocycles. The fourth-order valence-electron chi connectivity index (χ4n) is 2.93. The van der Waals surface area contributed by atoms with Gasteiger partial charge in [0.1, 0.15) is 0 Å². The molecule has 0 bridgehead atoms. The molecule has 0 spiro atoms. The molecule has 128 valence electrons. The average molecular weight is 348 g/mol. The highest BCUT2D eigenvalue weighted by molar-refractivity contribution is 6.32. The summed E-state index contributed by atoms with van der Waals surface area (Å²) in [5.41, 5.74) is 1.91. The number of hydrogen-bond acceptors (Lipinski definition) is 3. The number of nitrogens with one attached hydrogen (secondary N) is 2. The highest BCUT2D eigenvalue weighted by Crippen LogP contribution is 2.25. The Hall–Kier alpha value is -2.21. The number of halogens is 1. The maximum absolute atomic E-state index is 11.8. The van der Waals surface area contributed by atoms with E-state index in [1.165, 1.54) is 0 Å². The van der Waals surface area contributed by atoms with Crippen molar-refractivity contribution in [3.8, 4) is 5.69 Å². The number of aromatic nitrogens is 2. The number of imidazole rings is 1. The lowest BCUT2D eigenvalue weighted by Gasteiger charge is -2.32. The van der Waals surface area contributed by atoms with Crippen molar-refractivity contribution in [3.63, 3.8) is 0 Å². The lowest BCUT2D eigenvalue weighted by atomic mass is 10.0. The molecular formula is C17H22ClN5O. The van der Waals surface area contributed by atoms with Gasteiger partial charge in [-0.2, -0.15) is 0 Å². The highest BCUT2D eigenvalue weighted by atomic mass is 35.5. The molecule has 1 aliphatic heterocycles. The summed E-state index contributed by atoms with van der Waals surface area (Å²) in [5, 5.41) is 7.04. The number of carbonyl (C=O) groups is 1. The minimum absolute atomic E-state index is 0.0312. The van der Waals surface area contributed by atoms with E-state index in [4.69, 9.17) is 11.6 Å². The third kappa shape index (κ3) is 3.82. The predicted octanol–water partition coefficient (Wildman–Crippen LogP) is 3.13. The number of amides is 2. The third-order valence-electron chi connectivity index (χ3n) is 4.21. The van der Waals surface area contributed by atoms with Gasteiger partial charge in [0.25, 0.3) is 0 Å². The van der Waals surface area contributed by atoms with Crippen LogP contribution in [0.15, 0.2) is 36.9 Å². The van der Waals surface area contributed by atoms with Crippen LogP contribution >= 0.6 is 11.6 Å². The van der Waals surface area contributed by atoms with Crippen molar-refractivity contribution >= 4 is 23.3 Å². The molecule has 0 aliphatic carbocycles. The van der Waals surface area contributed by atoms with Crippen LogP contribution in [0.2, 0.25) is 5.02 Å². The average Bonchev–Trinajstić information content (AvgIpc) is 3.10. The second kappa shape index (κ2) is 7.57. The molecule has 0 radical (unpaired) electrons. The molecule has 1 aromatic heterocycles. The quantitative estimate of drug-likeness (QED) is 0.893. The van der Waals surface area contributed by atoms with E-state index in [-0.39, 0.29) is 6.03 Å². The van der Waals surface area contributed by atoms with Gasteiger partial charge in [0.05, 0.1) is 17.0 Å². The van der Waals surface area contributed by atoms with Crippen LogP contribution in [0.3, 0.4) is 0 Å². The summed E-state index contributed by atoms with van der Waals surface area (Å²) in [6.45, 7) is 4.14. The highest BCUT2D eigenvalue weighted by Gasteiger charge is 2.22. The van der Waals surface area contributed by atoms with Crippen LogP contribution in [0.4, 0.5) is 10.5 Å². The molecule has 3 rings (SSSR count). The Morgan fingerprint density at radius 2 is 2.17 bits per heavy atom. The van der Waals surface area contributed by atoms with Crippen molar-refractivity contribution in [2.24, 2.45) is 0 Å². The SMILES string of the molecule is CCNC(=O)N1CCC(Nc2ccc(-n3ccnc3)c(Cl)c2)CC1. The first-order valence-electron chi connectivity index (χ1n) is 8.24. The van der Waals surface area contributed by atoms with Gasteiger partial charge >= 0.3 is 6.03 Å². The summed E-state index contributed by atoms with van der Waals surface area (Å²) >= 11 is 6.39. The molecule has 0 unspecified atom stereocenters. The summed E-state index contributed by atoms with van der Waals surface area (Å²) in [4.78, 5) is 17.7. The molecule has 6 nitrogen and oxygen atoms in total. The lowest BCUT2D eigenvalue weighted by molar-refractivity contribution is 0.184. The number of likely N-dealkylation sites (tertiary alicyclic amines) is 1. The van der Waals surface area contributed by atoms with Gasteiger partial charge in [0.2, 0.25) is 0 Å². The molecule has 0 saturated carbocycles. The number of carbonyl (C=O) groups excluding carboxylic acids is 1. The maximum atomic E-state index is 11.8. The second-order valence-electron chi connectivity index (χ2n) is 5.88. The molecule has 7 heteroatoms. The first-order valence-corrected chi connectivity index (χ1v) is 8.62. The van der Waals surface area contributed by atoms with Crippen LogP contribution in [0.1, 0.15) is 19.8 Å². The molecule has 2 heterocycles. The topological polar surface area (TPSA) is 62.2 Å². The van der Waals surface area contributed by atoms with Crippen molar-refractivity contribution in [3.05, 3.63) is 41.9 Å². The molecule has 1 fully saturated rings. The zero-order valence-electron chi connectivity index (χ0n) is 13.7. The Morgan fingerprint density at radius 1 is 1.38 bits per heavy atom. The van der Waals surface area contributed by atoms with Crippen LogP contribution in [0.25, 0.3) is 5.69 Å². The van der Waals surface area contributed by atoms with E-state index in [0.29, 0.717) is 17.6 Å². The van der Waals surface area contributed by atoms with Gasteiger partial charge in [0, 0.05) is 43.8 Å². The lowest BCUT2D eigenvalue weighted by Crippen LogP contribution is -2.46. The largest absolute Gasteiger partial charge is 0.382 e. The molecule has 2 aromatic rings. The monoisotopic (exact) mass is 347 g/mol. The number of piperidine rings is 1. The number of nitrogens with zero attached hydrogens (tertiary/aromatic N) is 3. The Bertz CT molecular complexity index is 680. The Kier molecular flexibility index (Phi) is 5.25. The van der Waals surface area contributed by atoms with Gasteiger partial charge in [-0.3, -0.25) is 0 Å². The molecule has 1 aliphatic rings. The zero-order chi connectivity index (χ0) is 16.9. The van der Waals surface area contributed by atoms with E-state index in [1.54, 1.807) is 12.5 Å². The van der Waals surface area contributed by atoms with Gasteiger partial charge in [-0.15, -0.1) is 0 Å². The smallest absolute Gasteiger partial charge is 0.317 e. The second-order valence-corrected chi connectivity index (χ2v) is 6.28. The van der Waals surface area contributed by atoms with Crippen molar-refractivity contribution < 1.29 is 4.79 Å². The van der Waals surface area contributed by atoms with Crippen LogP contribution in [-0.4, -0.2) is 46.2 Å². The van der Waals surface area contributed by atoms with Crippen molar-refractivity contribution in [1.29, 1.82) is 0 Å². The van der Waals surface area contributed by atoms with E-state index in [0.717, 1.165) is 37.3 Å². The van der Waals surface area contributed by atoms with E-state index < -0.39 is 0 Å². The third-order valence-corrected chi connectivity index (χ3v) is 4.51. The number of benzene rings is 1. The fraction of sp³-hybridized carbons (Fsp3) is 0.412. The summed E-state index contributed by atoms with van der Waals surface area (Å²) in [6, 6.07) is 6.33. The van der Waals surface area contributed by atoms with Gasteiger partial charge in [-0.05, 0) is 38.0 Å². The standard InChI is InChI=1S/C17H22ClN5O/c1-2-20-17(24)22-8-5-13(6-9-22)21-14-3-4-16(15(18)11-14)23-10-7-19-12-23/h3-4,7,10-13,21H,2,5-6,8-9H2,1H3,(H,20,24). The van der Waals surface area contributed by atoms with Crippen LogP contribution in [0.5, 0.6) is 0 Å². The summed E-state index contributed by atoms with van der Waals surface area (Å²) < 4.78 is 1.89. The van der Waals surface area contributed by atoms with Crippen LogP contribution in [-0.2, 0) is 0 Å². The molecule has 0 atom stereocenters. The maximum Gasteiger partial charge on any atom is 0.317 e. The molecular weight excluding hydrogens is 326 g/mol. The summed E-state index contributed by atoms with van der Waals surface area (Å²) in [6.07, 6.45) is 7.18. The first kappa shape index (κ1) is 16.6. The van der Waals surface area contributed by atoms with Crippen molar-refractivity contribution in [2.75, 3.05) is 25.0 Å². The van der Waals surface area contributed by atoms with Gasteiger partial charge < -0.3 is 20.1 Å². The van der Waals surface area contributed by atoms with E-state index in [9.17, 15) is 4.79 Å². The first-order chi connectivity index (χ1) is 11.7. The minimum Gasteiger partial charge on any atom is -0.382 e. The summed E-state index contributed by atoms with van der Waals surface area (Å²) in [7, 11) is 0. The minimum atomic E-state index is 0.0312. The summed E-state index contributed by atoms with van der Waals surface area (Å²) in [5.74, 6) is 0.